The normalized spacial score (nSPS) is 16.3. The number of aromatic nitrogens is 3. The second-order valence-corrected chi connectivity index (χ2v) is 7.82. The van der Waals surface area contributed by atoms with Gasteiger partial charge in [-0.3, -0.25) is 14.7 Å². The van der Waals surface area contributed by atoms with E-state index in [0.29, 0.717) is 17.0 Å². The van der Waals surface area contributed by atoms with Crippen LogP contribution >= 0.6 is 11.8 Å². The van der Waals surface area contributed by atoms with Crippen molar-refractivity contribution < 1.29 is 9.53 Å². The Morgan fingerprint density at radius 3 is 2.74 bits per heavy atom. The number of benzene rings is 1. The lowest BCUT2D eigenvalue weighted by atomic mass is 9.99. The standard InChI is InChI=1S/C19H20N4O3S/c1-9(2)16-18(24)21-14-6-10(27-4)5-11(17(14)26-16)13-8-23(3)19(25)15-12(13)7-20-22-15/h5-9,16H,1-4H3,(H,20,22)(H,21,24). The van der Waals surface area contributed by atoms with Crippen molar-refractivity contribution in [3.05, 3.63) is 34.9 Å². The molecule has 2 N–H and O–H groups in total. The fourth-order valence-electron chi connectivity index (χ4n) is 3.33. The van der Waals surface area contributed by atoms with Gasteiger partial charge in [0.25, 0.3) is 11.5 Å². The Bertz CT molecular complexity index is 1120. The molecular formula is C19H20N4O3S. The van der Waals surface area contributed by atoms with Gasteiger partial charge in [-0.2, -0.15) is 5.10 Å². The summed E-state index contributed by atoms with van der Waals surface area (Å²) < 4.78 is 7.67. The first kappa shape index (κ1) is 17.7. The zero-order valence-corrected chi connectivity index (χ0v) is 16.3. The number of hydrogen-bond acceptors (Lipinski definition) is 5. The van der Waals surface area contributed by atoms with Gasteiger partial charge in [0.15, 0.2) is 11.9 Å². The van der Waals surface area contributed by atoms with Gasteiger partial charge >= 0.3 is 0 Å². The molecule has 3 aromatic rings. The molecule has 140 valence electrons. The van der Waals surface area contributed by atoms with Crippen molar-refractivity contribution in [2.45, 2.75) is 24.8 Å². The highest BCUT2D eigenvalue weighted by Crippen LogP contribution is 2.44. The van der Waals surface area contributed by atoms with Crippen LogP contribution in [-0.4, -0.2) is 33.0 Å². The molecule has 0 aliphatic carbocycles. The van der Waals surface area contributed by atoms with Crippen LogP contribution in [0.1, 0.15) is 13.8 Å². The van der Waals surface area contributed by atoms with E-state index < -0.39 is 6.10 Å². The van der Waals surface area contributed by atoms with E-state index in [-0.39, 0.29) is 17.4 Å². The lowest BCUT2D eigenvalue weighted by Gasteiger charge is -2.30. The Labute approximate surface area is 160 Å². The first-order chi connectivity index (χ1) is 12.9. The third kappa shape index (κ3) is 2.80. The maximum atomic E-state index is 12.4. The highest BCUT2D eigenvalue weighted by atomic mass is 32.2. The van der Waals surface area contributed by atoms with Crippen molar-refractivity contribution in [3.8, 4) is 16.9 Å². The van der Waals surface area contributed by atoms with E-state index in [2.05, 4.69) is 15.5 Å². The van der Waals surface area contributed by atoms with Gasteiger partial charge in [-0.05, 0) is 24.3 Å². The Kier molecular flexibility index (Phi) is 4.22. The van der Waals surface area contributed by atoms with Gasteiger partial charge in [0, 0.05) is 34.7 Å². The van der Waals surface area contributed by atoms with Crippen LogP contribution in [-0.2, 0) is 11.8 Å². The maximum absolute atomic E-state index is 12.4. The van der Waals surface area contributed by atoms with Crippen LogP contribution in [0.5, 0.6) is 5.75 Å². The molecule has 1 amide bonds. The summed E-state index contributed by atoms with van der Waals surface area (Å²) in [5, 5.41) is 10.5. The zero-order chi connectivity index (χ0) is 19.3. The van der Waals surface area contributed by atoms with Crippen molar-refractivity contribution in [1.29, 1.82) is 0 Å². The SMILES string of the molecule is CSc1cc2c(c(-c3cn(C)c(=O)c4[nH]ncc34)c1)OC(C(C)C)C(=O)N2. The van der Waals surface area contributed by atoms with E-state index in [4.69, 9.17) is 4.74 Å². The number of fused-ring (bicyclic) bond motifs is 2. The molecule has 2 aromatic heterocycles. The molecule has 1 aromatic carbocycles. The summed E-state index contributed by atoms with van der Waals surface area (Å²) in [6, 6.07) is 3.93. The summed E-state index contributed by atoms with van der Waals surface area (Å²) >= 11 is 1.57. The predicted molar refractivity (Wildman–Crippen MR) is 106 cm³/mol. The van der Waals surface area contributed by atoms with E-state index in [0.717, 1.165) is 21.4 Å². The molecular weight excluding hydrogens is 364 g/mol. The number of H-pyrrole nitrogens is 1. The number of aromatic amines is 1. The number of nitrogens with zero attached hydrogens (tertiary/aromatic N) is 2. The average molecular weight is 384 g/mol. The number of rotatable bonds is 3. The van der Waals surface area contributed by atoms with Gasteiger partial charge < -0.3 is 14.6 Å². The van der Waals surface area contributed by atoms with E-state index in [9.17, 15) is 9.59 Å². The topological polar surface area (TPSA) is 89.0 Å². The number of aryl methyl sites for hydroxylation is 1. The molecule has 0 spiro atoms. The number of ether oxygens (including phenoxy) is 1. The Hall–Kier alpha value is -2.74. The van der Waals surface area contributed by atoms with Gasteiger partial charge in [-0.25, -0.2) is 0 Å². The molecule has 0 fully saturated rings. The minimum Gasteiger partial charge on any atom is -0.477 e. The summed E-state index contributed by atoms with van der Waals surface area (Å²) in [5.41, 5.74) is 2.59. The van der Waals surface area contributed by atoms with E-state index >= 15 is 0 Å². The molecule has 1 aliphatic rings. The van der Waals surface area contributed by atoms with Gasteiger partial charge in [0.05, 0.1) is 11.9 Å². The molecule has 8 heteroatoms. The number of carbonyl (C=O) groups is 1. The second-order valence-electron chi connectivity index (χ2n) is 6.94. The average Bonchev–Trinajstić information content (AvgIpc) is 3.13. The van der Waals surface area contributed by atoms with Crippen molar-refractivity contribution in [2.24, 2.45) is 13.0 Å². The Morgan fingerprint density at radius 1 is 1.26 bits per heavy atom. The summed E-state index contributed by atoms with van der Waals surface area (Å²) in [7, 11) is 1.70. The molecule has 1 unspecified atom stereocenters. The molecule has 0 bridgehead atoms. The van der Waals surface area contributed by atoms with Crippen LogP contribution < -0.4 is 15.6 Å². The van der Waals surface area contributed by atoms with Crippen LogP contribution in [0, 0.1) is 5.92 Å². The molecule has 27 heavy (non-hydrogen) atoms. The first-order valence-corrected chi connectivity index (χ1v) is 9.85. The number of hydrogen-bond donors (Lipinski definition) is 2. The minimum absolute atomic E-state index is 0.0281. The van der Waals surface area contributed by atoms with Crippen molar-refractivity contribution in [1.82, 2.24) is 14.8 Å². The summed E-state index contributed by atoms with van der Waals surface area (Å²) in [4.78, 5) is 25.8. The van der Waals surface area contributed by atoms with Gasteiger partial charge in [0.1, 0.15) is 5.52 Å². The fourth-order valence-corrected chi connectivity index (χ4v) is 3.80. The first-order valence-electron chi connectivity index (χ1n) is 8.63. The van der Waals surface area contributed by atoms with Crippen LogP contribution in [0.15, 0.2) is 34.2 Å². The minimum atomic E-state index is -0.566. The van der Waals surface area contributed by atoms with Crippen LogP contribution in [0.4, 0.5) is 5.69 Å². The summed E-state index contributed by atoms with van der Waals surface area (Å²) in [6.07, 6.45) is 4.83. The summed E-state index contributed by atoms with van der Waals surface area (Å²) in [6.45, 7) is 3.90. The highest BCUT2D eigenvalue weighted by Gasteiger charge is 2.32. The number of anilines is 1. The molecule has 0 saturated carbocycles. The van der Waals surface area contributed by atoms with Crippen LogP contribution in [0.3, 0.4) is 0 Å². The monoisotopic (exact) mass is 384 g/mol. The molecule has 4 rings (SSSR count). The maximum Gasteiger partial charge on any atom is 0.276 e. The predicted octanol–water partition coefficient (Wildman–Crippen LogP) is 3.01. The van der Waals surface area contributed by atoms with Gasteiger partial charge in [-0.1, -0.05) is 13.8 Å². The molecule has 3 heterocycles. The van der Waals surface area contributed by atoms with Crippen molar-refractivity contribution in [3.63, 3.8) is 0 Å². The molecule has 0 radical (unpaired) electrons. The molecule has 1 atom stereocenters. The van der Waals surface area contributed by atoms with E-state index in [1.54, 1.807) is 31.2 Å². The number of carbonyl (C=O) groups excluding carboxylic acids is 1. The summed E-state index contributed by atoms with van der Waals surface area (Å²) in [5.74, 6) is 0.503. The van der Waals surface area contributed by atoms with Gasteiger partial charge in [0.2, 0.25) is 0 Å². The number of thioether (sulfide) groups is 1. The van der Waals surface area contributed by atoms with E-state index in [1.807, 2.05) is 32.2 Å². The zero-order valence-electron chi connectivity index (χ0n) is 15.5. The van der Waals surface area contributed by atoms with E-state index in [1.165, 1.54) is 4.57 Å². The highest BCUT2D eigenvalue weighted by molar-refractivity contribution is 7.98. The lowest BCUT2D eigenvalue weighted by Crippen LogP contribution is -2.40. The fraction of sp³-hybridized carbons (Fsp3) is 0.316. The van der Waals surface area contributed by atoms with Gasteiger partial charge in [-0.15, -0.1) is 11.8 Å². The van der Waals surface area contributed by atoms with Crippen LogP contribution in [0.25, 0.3) is 22.0 Å². The molecule has 1 aliphatic heterocycles. The Morgan fingerprint density at radius 2 is 2.04 bits per heavy atom. The number of pyridine rings is 1. The smallest absolute Gasteiger partial charge is 0.276 e. The van der Waals surface area contributed by atoms with Crippen molar-refractivity contribution in [2.75, 3.05) is 11.6 Å². The molecule has 7 nitrogen and oxygen atoms in total. The van der Waals surface area contributed by atoms with Crippen molar-refractivity contribution >= 4 is 34.3 Å². The quantitative estimate of drug-likeness (QED) is 0.678. The Balaban J connectivity index is 2.01. The number of nitrogens with one attached hydrogen (secondary N) is 2. The van der Waals surface area contributed by atoms with Crippen LogP contribution in [0.2, 0.25) is 0 Å². The third-order valence-corrected chi connectivity index (χ3v) is 5.45. The lowest BCUT2D eigenvalue weighted by molar-refractivity contribution is -0.125. The number of amides is 1. The third-order valence-electron chi connectivity index (χ3n) is 4.74. The largest absolute Gasteiger partial charge is 0.477 e. The molecule has 0 saturated heterocycles. The second kappa shape index (κ2) is 6.45.